The van der Waals surface area contributed by atoms with E-state index in [0.29, 0.717) is 18.2 Å². The number of halogens is 2. The second-order valence-corrected chi connectivity index (χ2v) is 7.36. The SMILES string of the molecule is Cc1ccccc1OCCN(C)C(=O)CNC(=O)CNC(=O)c1ccc(Cl)cc1Cl. The van der Waals surface area contributed by atoms with E-state index in [1.54, 1.807) is 7.05 Å². The van der Waals surface area contributed by atoms with E-state index in [0.717, 1.165) is 11.3 Å². The van der Waals surface area contributed by atoms with Gasteiger partial charge in [0.15, 0.2) is 0 Å². The maximum atomic E-state index is 12.1. The molecule has 7 nitrogen and oxygen atoms in total. The molecule has 2 N–H and O–H groups in total. The highest BCUT2D eigenvalue weighted by Gasteiger charge is 2.14. The smallest absolute Gasteiger partial charge is 0.253 e. The normalized spacial score (nSPS) is 10.3. The number of likely N-dealkylation sites (N-methyl/N-ethyl adjacent to an activating group) is 1. The topological polar surface area (TPSA) is 87.7 Å². The molecule has 0 saturated heterocycles. The number of hydrogen-bond donors (Lipinski definition) is 2. The molecule has 3 amide bonds. The highest BCUT2D eigenvalue weighted by molar-refractivity contribution is 6.36. The lowest BCUT2D eigenvalue weighted by molar-refractivity contribution is -0.131. The number of benzene rings is 2. The van der Waals surface area contributed by atoms with E-state index < -0.39 is 11.8 Å². The van der Waals surface area contributed by atoms with E-state index in [9.17, 15) is 14.4 Å². The van der Waals surface area contributed by atoms with Crippen LogP contribution in [-0.4, -0.2) is 55.9 Å². The third kappa shape index (κ3) is 7.24. The van der Waals surface area contributed by atoms with Crippen LogP contribution in [0.5, 0.6) is 5.75 Å². The Bertz CT molecular complexity index is 921. The minimum absolute atomic E-state index is 0.183. The maximum absolute atomic E-state index is 12.1. The largest absolute Gasteiger partial charge is 0.491 e. The summed E-state index contributed by atoms with van der Waals surface area (Å²) >= 11 is 11.8. The fourth-order valence-electron chi connectivity index (χ4n) is 2.44. The Labute approximate surface area is 185 Å². The van der Waals surface area contributed by atoms with Gasteiger partial charge in [0.2, 0.25) is 11.8 Å². The molecule has 2 rings (SSSR count). The molecule has 0 fully saturated rings. The molecule has 0 atom stereocenters. The van der Waals surface area contributed by atoms with E-state index in [1.165, 1.54) is 23.1 Å². The van der Waals surface area contributed by atoms with Crippen molar-refractivity contribution in [1.29, 1.82) is 0 Å². The number of nitrogens with zero attached hydrogens (tertiary/aromatic N) is 1. The van der Waals surface area contributed by atoms with Gasteiger partial charge in [-0.3, -0.25) is 14.4 Å². The van der Waals surface area contributed by atoms with Crippen molar-refractivity contribution in [2.75, 3.05) is 33.3 Å². The Kier molecular flexibility index (Phi) is 8.95. The summed E-state index contributed by atoms with van der Waals surface area (Å²) in [6.07, 6.45) is 0. The van der Waals surface area contributed by atoms with Gasteiger partial charge in [0.05, 0.1) is 30.2 Å². The van der Waals surface area contributed by atoms with E-state index in [-0.39, 0.29) is 29.6 Å². The predicted molar refractivity (Wildman–Crippen MR) is 116 cm³/mol. The first-order chi connectivity index (χ1) is 14.3. The molecule has 0 spiro atoms. The minimum atomic E-state index is -0.511. The fraction of sp³-hybridized carbons (Fsp3) is 0.286. The van der Waals surface area contributed by atoms with Gasteiger partial charge in [-0.05, 0) is 36.8 Å². The van der Waals surface area contributed by atoms with Crippen molar-refractivity contribution in [2.24, 2.45) is 0 Å². The standard InChI is InChI=1S/C21H23Cl2N3O4/c1-14-5-3-4-6-18(14)30-10-9-26(2)20(28)13-24-19(27)12-25-21(29)16-8-7-15(22)11-17(16)23/h3-8,11H,9-10,12-13H2,1-2H3,(H,24,27)(H,25,29). The molecule has 0 heterocycles. The average molecular weight is 452 g/mol. The van der Waals surface area contributed by atoms with Crippen molar-refractivity contribution >= 4 is 40.9 Å². The van der Waals surface area contributed by atoms with Crippen LogP contribution in [0.3, 0.4) is 0 Å². The van der Waals surface area contributed by atoms with E-state index >= 15 is 0 Å². The summed E-state index contributed by atoms with van der Waals surface area (Å²) in [6.45, 7) is 2.18. The molecule has 9 heteroatoms. The number of carbonyl (C=O) groups excluding carboxylic acids is 3. The van der Waals surface area contributed by atoms with Gasteiger partial charge in [0.25, 0.3) is 5.91 Å². The van der Waals surface area contributed by atoms with Gasteiger partial charge in [-0.2, -0.15) is 0 Å². The Balaban J connectivity index is 1.68. The predicted octanol–water partition coefficient (Wildman–Crippen LogP) is 2.69. The van der Waals surface area contributed by atoms with Crippen LogP contribution in [0.25, 0.3) is 0 Å². The second-order valence-electron chi connectivity index (χ2n) is 6.51. The van der Waals surface area contributed by atoms with Crippen molar-refractivity contribution in [3.05, 3.63) is 63.6 Å². The number of para-hydroxylation sites is 1. The zero-order chi connectivity index (χ0) is 22.1. The lowest BCUT2D eigenvalue weighted by Gasteiger charge is -2.18. The Morgan fingerprint density at radius 2 is 1.77 bits per heavy atom. The zero-order valence-corrected chi connectivity index (χ0v) is 18.2. The highest BCUT2D eigenvalue weighted by atomic mass is 35.5. The van der Waals surface area contributed by atoms with Crippen LogP contribution in [-0.2, 0) is 9.59 Å². The molecule has 0 unspecified atom stereocenters. The van der Waals surface area contributed by atoms with Crippen LogP contribution >= 0.6 is 23.2 Å². The van der Waals surface area contributed by atoms with Crippen LogP contribution in [0.15, 0.2) is 42.5 Å². The van der Waals surface area contributed by atoms with Gasteiger partial charge in [-0.1, -0.05) is 41.4 Å². The van der Waals surface area contributed by atoms with Crippen molar-refractivity contribution in [2.45, 2.75) is 6.92 Å². The Hall–Kier alpha value is -2.77. The third-order valence-electron chi connectivity index (χ3n) is 4.23. The van der Waals surface area contributed by atoms with Crippen LogP contribution < -0.4 is 15.4 Å². The van der Waals surface area contributed by atoms with Crippen LogP contribution in [0, 0.1) is 6.92 Å². The summed E-state index contributed by atoms with van der Waals surface area (Å²) < 4.78 is 5.66. The molecule has 0 radical (unpaired) electrons. The molecule has 0 aliphatic rings. The van der Waals surface area contributed by atoms with Crippen LogP contribution in [0.2, 0.25) is 10.0 Å². The molecular formula is C21H23Cl2N3O4. The Morgan fingerprint density at radius 1 is 1.03 bits per heavy atom. The number of rotatable bonds is 9. The van der Waals surface area contributed by atoms with E-state index in [4.69, 9.17) is 27.9 Å². The summed E-state index contributed by atoms with van der Waals surface area (Å²) in [5.41, 5.74) is 1.22. The summed E-state index contributed by atoms with van der Waals surface area (Å²) in [5.74, 6) is -0.512. The van der Waals surface area contributed by atoms with Gasteiger partial charge in [0, 0.05) is 12.1 Å². The van der Waals surface area contributed by atoms with Gasteiger partial charge >= 0.3 is 0 Å². The van der Waals surface area contributed by atoms with Gasteiger partial charge in [-0.15, -0.1) is 0 Å². The minimum Gasteiger partial charge on any atom is -0.491 e. The molecule has 2 aromatic carbocycles. The summed E-state index contributed by atoms with van der Waals surface area (Å²) in [7, 11) is 1.63. The lowest BCUT2D eigenvalue weighted by Crippen LogP contribution is -2.43. The quantitative estimate of drug-likeness (QED) is 0.613. The van der Waals surface area contributed by atoms with Crippen LogP contribution in [0.4, 0.5) is 0 Å². The molecule has 160 valence electrons. The molecular weight excluding hydrogens is 429 g/mol. The van der Waals surface area contributed by atoms with Crippen molar-refractivity contribution < 1.29 is 19.1 Å². The summed E-state index contributed by atoms with van der Waals surface area (Å²) in [4.78, 5) is 37.6. The van der Waals surface area contributed by atoms with Crippen LogP contribution in [0.1, 0.15) is 15.9 Å². The molecule has 0 aromatic heterocycles. The fourth-order valence-corrected chi connectivity index (χ4v) is 2.93. The molecule has 0 bridgehead atoms. The first-order valence-electron chi connectivity index (χ1n) is 9.20. The lowest BCUT2D eigenvalue weighted by atomic mass is 10.2. The zero-order valence-electron chi connectivity index (χ0n) is 16.7. The maximum Gasteiger partial charge on any atom is 0.253 e. The first kappa shape index (κ1) is 23.5. The Morgan fingerprint density at radius 3 is 2.47 bits per heavy atom. The summed E-state index contributed by atoms with van der Waals surface area (Å²) in [6, 6.07) is 12.0. The average Bonchev–Trinajstić information content (AvgIpc) is 2.71. The van der Waals surface area contributed by atoms with Crippen molar-refractivity contribution in [3.8, 4) is 5.75 Å². The van der Waals surface area contributed by atoms with Crippen molar-refractivity contribution in [1.82, 2.24) is 15.5 Å². The van der Waals surface area contributed by atoms with Gasteiger partial charge in [0.1, 0.15) is 12.4 Å². The first-order valence-corrected chi connectivity index (χ1v) is 9.96. The van der Waals surface area contributed by atoms with Crippen molar-refractivity contribution in [3.63, 3.8) is 0 Å². The molecule has 0 aliphatic carbocycles. The number of hydrogen-bond acceptors (Lipinski definition) is 4. The molecule has 2 aromatic rings. The summed E-state index contributed by atoms with van der Waals surface area (Å²) in [5, 5.41) is 5.51. The molecule has 30 heavy (non-hydrogen) atoms. The highest BCUT2D eigenvalue weighted by Crippen LogP contribution is 2.20. The molecule has 0 aliphatic heterocycles. The second kappa shape index (κ2) is 11.4. The number of carbonyl (C=O) groups is 3. The number of nitrogens with one attached hydrogen (secondary N) is 2. The van der Waals surface area contributed by atoms with E-state index in [1.807, 2.05) is 31.2 Å². The van der Waals surface area contributed by atoms with Gasteiger partial charge in [-0.25, -0.2) is 0 Å². The number of aryl methyl sites for hydroxylation is 1. The number of amides is 3. The monoisotopic (exact) mass is 451 g/mol. The third-order valence-corrected chi connectivity index (χ3v) is 4.77. The van der Waals surface area contributed by atoms with Gasteiger partial charge < -0.3 is 20.3 Å². The molecule has 0 saturated carbocycles. The number of ether oxygens (including phenoxy) is 1. The van der Waals surface area contributed by atoms with E-state index in [2.05, 4.69) is 10.6 Å².